The van der Waals surface area contributed by atoms with Crippen LogP contribution in [-0.2, 0) is 9.53 Å². The molecule has 1 saturated heterocycles. The molecule has 0 aromatic rings. The first kappa shape index (κ1) is 12.0. The molecule has 0 spiro atoms. The zero-order chi connectivity index (χ0) is 10.2. The van der Waals surface area contributed by atoms with Gasteiger partial charge in [-0.15, -0.1) is 0 Å². The van der Waals surface area contributed by atoms with Crippen molar-refractivity contribution in [3.8, 4) is 0 Å². The summed E-state index contributed by atoms with van der Waals surface area (Å²) in [4.78, 5) is 11.0. The lowest BCUT2D eigenvalue weighted by Gasteiger charge is -2.01. The summed E-state index contributed by atoms with van der Waals surface area (Å²) < 4.78 is 4.85. The molecule has 1 rings (SSSR count). The Bertz CT molecular complexity index is 172. The first-order valence-corrected chi connectivity index (χ1v) is 6.48. The van der Waals surface area contributed by atoms with E-state index in [9.17, 15) is 4.79 Å². The second kappa shape index (κ2) is 7.21. The first-order valence-electron chi connectivity index (χ1n) is 5.43. The fourth-order valence-corrected chi connectivity index (χ4v) is 2.26. The first-order chi connectivity index (χ1) is 6.83. The summed E-state index contributed by atoms with van der Waals surface area (Å²) in [5, 5.41) is 0.847. The summed E-state index contributed by atoms with van der Waals surface area (Å²) in [5.74, 6) is 1.19. The molecule has 0 aliphatic carbocycles. The van der Waals surface area contributed by atoms with Crippen molar-refractivity contribution in [2.45, 2.75) is 44.1 Å². The second-order valence-corrected chi connectivity index (χ2v) is 4.84. The standard InChI is InChI=1S/C10H18BO2S/c1-2-13-10(12)6-4-3-5-7-14-9-8-11-9/h9H,2-8H2,1H3. The smallest absolute Gasteiger partial charge is 0.305 e. The van der Waals surface area contributed by atoms with Crippen molar-refractivity contribution in [2.75, 3.05) is 12.4 Å². The number of carbonyl (C=O) groups is 1. The van der Waals surface area contributed by atoms with Crippen molar-refractivity contribution in [1.29, 1.82) is 0 Å². The Morgan fingerprint density at radius 3 is 2.93 bits per heavy atom. The molecule has 0 aromatic heterocycles. The molecule has 1 unspecified atom stereocenters. The largest absolute Gasteiger partial charge is 0.466 e. The van der Waals surface area contributed by atoms with Crippen molar-refractivity contribution >= 4 is 25.0 Å². The highest BCUT2D eigenvalue weighted by atomic mass is 32.2. The van der Waals surface area contributed by atoms with Gasteiger partial charge >= 0.3 is 5.97 Å². The van der Waals surface area contributed by atoms with E-state index in [4.69, 9.17) is 4.74 Å². The highest BCUT2D eigenvalue weighted by Gasteiger charge is 2.22. The van der Waals surface area contributed by atoms with Crippen LogP contribution in [0, 0.1) is 0 Å². The molecule has 79 valence electrons. The van der Waals surface area contributed by atoms with Gasteiger partial charge in [-0.1, -0.05) is 12.7 Å². The van der Waals surface area contributed by atoms with Gasteiger partial charge in [-0.25, -0.2) is 0 Å². The lowest BCUT2D eigenvalue weighted by Crippen LogP contribution is -2.03. The minimum Gasteiger partial charge on any atom is -0.466 e. The van der Waals surface area contributed by atoms with Gasteiger partial charge in [0.1, 0.15) is 7.28 Å². The highest BCUT2D eigenvalue weighted by molar-refractivity contribution is 8.02. The van der Waals surface area contributed by atoms with E-state index in [1.807, 2.05) is 18.7 Å². The molecule has 0 saturated carbocycles. The Labute approximate surface area is 91.4 Å². The van der Waals surface area contributed by atoms with Gasteiger partial charge < -0.3 is 4.74 Å². The van der Waals surface area contributed by atoms with Gasteiger partial charge in [0.25, 0.3) is 0 Å². The zero-order valence-electron chi connectivity index (χ0n) is 8.83. The van der Waals surface area contributed by atoms with Gasteiger partial charge in [-0.2, -0.15) is 11.8 Å². The molecule has 0 aromatic carbocycles. The fraction of sp³-hybridized carbons (Fsp3) is 0.900. The van der Waals surface area contributed by atoms with Crippen molar-refractivity contribution in [3.05, 3.63) is 0 Å². The van der Waals surface area contributed by atoms with E-state index in [1.54, 1.807) is 0 Å². The van der Waals surface area contributed by atoms with Crippen LogP contribution in [0.3, 0.4) is 0 Å². The molecule has 0 N–H and O–H groups in total. The quantitative estimate of drug-likeness (QED) is 0.351. The SMILES string of the molecule is CCOC(=O)CCCCCSC1[B]C1. The third-order valence-corrected chi connectivity index (χ3v) is 3.43. The van der Waals surface area contributed by atoms with Gasteiger partial charge in [0.2, 0.25) is 0 Å². The molecule has 1 atom stereocenters. The summed E-state index contributed by atoms with van der Waals surface area (Å²) >= 11 is 2.04. The molecule has 2 nitrogen and oxygen atoms in total. The molecule has 0 amide bonds. The molecule has 14 heavy (non-hydrogen) atoms. The van der Waals surface area contributed by atoms with Crippen LogP contribution in [0.1, 0.15) is 32.6 Å². The van der Waals surface area contributed by atoms with E-state index in [0.717, 1.165) is 18.0 Å². The summed E-state index contributed by atoms with van der Waals surface area (Å²) in [5.41, 5.74) is 0. The van der Waals surface area contributed by atoms with Gasteiger partial charge in [-0.05, 0) is 30.7 Å². The Hall–Kier alpha value is -0.115. The normalized spacial score (nSPS) is 18.8. The fourth-order valence-electron chi connectivity index (χ4n) is 1.21. The number of ether oxygens (including phenoxy) is 1. The summed E-state index contributed by atoms with van der Waals surface area (Å²) in [7, 11) is 2.34. The average molecular weight is 213 g/mol. The molecular weight excluding hydrogens is 195 g/mol. The van der Waals surface area contributed by atoms with Gasteiger partial charge in [0.15, 0.2) is 0 Å². The van der Waals surface area contributed by atoms with E-state index in [-0.39, 0.29) is 5.97 Å². The van der Waals surface area contributed by atoms with Crippen LogP contribution in [-0.4, -0.2) is 30.8 Å². The zero-order valence-corrected chi connectivity index (χ0v) is 9.65. The average Bonchev–Trinajstić information content (AvgIpc) is 2.95. The third-order valence-electron chi connectivity index (χ3n) is 2.09. The molecule has 1 heterocycles. The third kappa shape index (κ3) is 6.36. The Balaban J connectivity index is 1.76. The molecule has 0 bridgehead atoms. The monoisotopic (exact) mass is 213 g/mol. The lowest BCUT2D eigenvalue weighted by atomic mass is 10.1. The van der Waals surface area contributed by atoms with Crippen LogP contribution in [0.25, 0.3) is 0 Å². The van der Waals surface area contributed by atoms with Crippen LogP contribution in [0.15, 0.2) is 0 Å². The van der Waals surface area contributed by atoms with Gasteiger partial charge in [-0.3, -0.25) is 4.79 Å². The Morgan fingerprint density at radius 1 is 1.50 bits per heavy atom. The number of rotatable bonds is 8. The summed E-state index contributed by atoms with van der Waals surface area (Å²) in [6.07, 6.45) is 5.25. The molecule has 4 heteroatoms. The van der Waals surface area contributed by atoms with Crippen LogP contribution in [0.4, 0.5) is 0 Å². The van der Waals surface area contributed by atoms with Gasteiger partial charge in [0.05, 0.1) is 6.61 Å². The summed E-state index contributed by atoms with van der Waals surface area (Å²) in [6.45, 7) is 2.35. The maximum Gasteiger partial charge on any atom is 0.305 e. The van der Waals surface area contributed by atoms with Crippen LogP contribution >= 0.6 is 11.8 Å². The number of unbranched alkanes of at least 4 members (excludes halogenated alkanes) is 2. The predicted molar refractivity (Wildman–Crippen MR) is 61.9 cm³/mol. The summed E-state index contributed by atoms with van der Waals surface area (Å²) in [6, 6.07) is 0. The number of esters is 1. The van der Waals surface area contributed by atoms with Crippen LogP contribution in [0.5, 0.6) is 0 Å². The maximum absolute atomic E-state index is 11.0. The molecular formula is C10H18BO2S. The topological polar surface area (TPSA) is 26.3 Å². The van der Waals surface area contributed by atoms with E-state index in [0.29, 0.717) is 13.0 Å². The molecule has 1 aliphatic heterocycles. The van der Waals surface area contributed by atoms with Crippen molar-refractivity contribution in [1.82, 2.24) is 0 Å². The van der Waals surface area contributed by atoms with E-state index in [2.05, 4.69) is 7.28 Å². The minimum absolute atomic E-state index is 0.0457. The number of thioether (sulfide) groups is 1. The second-order valence-electron chi connectivity index (χ2n) is 3.50. The molecule has 1 aliphatic rings. The van der Waals surface area contributed by atoms with Crippen LogP contribution in [0.2, 0.25) is 6.32 Å². The maximum atomic E-state index is 11.0. The van der Waals surface area contributed by atoms with E-state index < -0.39 is 0 Å². The Morgan fingerprint density at radius 2 is 2.29 bits per heavy atom. The highest BCUT2D eigenvalue weighted by Crippen LogP contribution is 2.27. The number of hydrogen-bond donors (Lipinski definition) is 0. The van der Waals surface area contributed by atoms with E-state index in [1.165, 1.54) is 18.5 Å². The lowest BCUT2D eigenvalue weighted by molar-refractivity contribution is -0.143. The van der Waals surface area contributed by atoms with E-state index >= 15 is 0 Å². The van der Waals surface area contributed by atoms with Crippen molar-refractivity contribution in [3.63, 3.8) is 0 Å². The van der Waals surface area contributed by atoms with Gasteiger partial charge in [0, 0.05) is 6.42 Å². The number of hydrogen-bond acceptors (Lipinski definition) is 3. The number of carbonyl (C=O) groups excluding carboxylic acids is 1. The van der Waals surface area contributed by atoms with Crippen molar-refractivity contribution in [2.24, 2.45) is 0 Å². The predicted octanol–water partition coefficient (Wildman–Crippen LogP) is 2.31. The minimum atomic E-state index is -0.0457. The van der Waals surface area contributed by atoms with Crippen molar-refractivity contribution < 1.29 is 9.53 Å². The molecule has 1 fully saturated rings. The van der Waals surface area contributed by atoms with Crippen LogP contribution < -0.4 is 0 Å². The molecule has 1 radical (unpaired) electrons. The Kier molecular flexibility index (Phi) is 6.16.